The fourth-order valence-electron chi connectivity index (χ4n) is 3.45. The Balaban J connectivity index is 1.55. The van der Waals surface area contributed by atoms with Crippen LogP contribution in [0.25, 0.3) is 17.2 Å². The number of benzene rings is 2. The molecule has 0 spiro atoms. The maximum absolute atomic E-state index is 13.3. The van der Waals surface area contributed by atoms with Crippen molar-refractivity contribution in [2.24, 2.45) is 5.73 Å². The van der Waals surface area contributed by atoms with Gasteiger partial charge < -0.3 is 5.73 Å². The van der Waals surface area contributed by atoms with Crippen LogP contribution in [-0.2, 0) is 6.42 Å². The molecule has 1 heterocycles. The maximum Gasteiger partial charge on any atom is 0.123 e. The summed E-state index contributed by atoms with van der Waals surface area (Å²) in [6, 6.07) is 19.0. The van der Waals surface area contributed by atoms with Crippen LogP contribution in [0.15, 0.2) is 72.9 Å². The third kappa shape index (κ3) is 3.24. The van der Waals surface area contributed by atoms with Crippen LogP contribution in [-0.4, -0.2) is 11.0 Å². The molecule has 1 aromatic heterocycles. The third-order valence-electron chi connectivity index (χ3n) is 4.75. The number of rotatable bonds is 3. The number of hydrogen-bond acceptors (Lipinski definition) is 2. The van der Waals surface area contributed by atoms with Crippen LogP contribution in [0.2, 0.25) is 0 Å². The van der Waals surface area contributed by atoms with Crippen molar-refractivity contribution >= 4 is 6.08 Å². The monoisotopic (exact) mass is 330 g/mol. The van der Waals surface area contributed by atoms with E-state index in [-0.39, 0.29) is 17.8 Å². The molecule has 2 N–H and O–H groups in total. The van der Waals surface area contributed by atoms with E-state index in [9.17, 15) is 4.39 Å². The van der Waals surface area contributed by atoms with Gasteiger partial charge in [0.15, 0.2) is 0 Å². The topological polar surface area (TPSA) is 38.9 Å². The van der Waals surface area contributed by atoms with Gasteiger partial charge in [0, 0.05) is 23.7 Å². The Kier molecular flexibility index (Phi) is 4.16. The molecular formula is C22H19FN2. The van der Waals surface area contributed by atoms with E-state index in [1.165, 1.54) is 23.3 Å². The molecule has 0 bridgehead atoms. The molecule has 2 nitrogen and oxygen atoms in total. The highest BCUT2D eigenvalue weighted by molar-refractivity contribution is 5.63. The molecule has 2 aromatic carbocycles. The second-order valence-corrected chi connectivity index (χ2v) is 6.43. The summed E-state index contributed by atoms with van der Waals surface area (Å²) in [5.74, 6) is -0.0174. The first-order valence-electron chi connectivity index (χ1n) is 8.44. The first-order chi connectivity index (χ1) is 12.2. The zero-order valence-corrected chi connectivity index (χ0v) is 13.8. The lowest BCUT2D eigenvalue weighted by atomic mass is 9.98. The summed E-state index contributed by atoms with van der Waals surface area (Å²) in [5, 5.41) is 0. The summed E-state index contributed by atoms with van der Waals surface area (Å²) in [7, 11) is 0. The number of fused-ring (bicyclic) bond motifs is 1. The summed E-state index contributed by atoms with van der Waals surface area (Å²) >= 11 is 0. The average molecular weight is 330 g/mol. The lowest BCUT2D eigenvalue weighted by Gasteiger charge is -2.11. The number of pyridine rings is 1. The van der Waals surface area contributed by atoms with Crippen LogP contribution in [0.3, 0.4) is 0 Å². The van der Waals surface area contributed by atoms with Crippen LogP contribution in [0.5, 0.6) is 0 Å². The van der Waals surface area contributed by atoms with E-state index in [1.54, 1.807) is 12.3 Å². The molecular weight excluding hydrogens is 311 g/mol. The van der Waals surface area contributed by atoms with Gasteiger partial charge in [-0.25, -0.2) is 4.39 Å². The van der Waals surface area contributed by atoms with E-state index in [4.69, 9.17) is 5.73 Å². The highest BCUT2D eigenvalue weighted by Crippen LogP contribution is 2.33. The van der Waals surface area contributed by atoms with Crippen molar-refractivity contribution in [1.82, 2.24) is 4.98 Å². The Morgan fingerprint density at radius 3 is 2.68 bits per heavy atom. The number of nitrogens with zero attached hydrogens (tertiary/aromatic N) is 1. The first-order valence-corrected chi connectivity index (χ1v) is 8.44. The minimum absolute atomic E-state index is 0.111. The zero-order chi connectivity index (χ0) is 17.2. The molecule has 0 saturated heterocycles. The molecule has 1 aliphatic rings. The Labute approximate surface area is 146 Å². The summed E-state index contributed by atoms with van der Waals surface area (Å²) in [6.45, 7) is 0. The minimum Gasteiger partial charge on any atom is -0.327 e. The molecule has 0 radical (unpaired) electrons. The molecule has 0 unspecified atom stereocenters. The van der Waals surface area contributed by atoms with Crippen LogP contribution in [0.4, 0.5) is 4.39 Å². The minimum atomic E-state index is -0.240. The third-order valence-corrected chi connectivity index (χ3v) is 4.75. The van der Waals surface area contributed by atoms with Crippen molar-refractivity contribution in [3.8, 4) is 11.1 Å². The predicted molar refractivity (Wildman–Crippen MR) is 99.5 cm³/mol. The molecule has 3 aromatic rings. The molecule has 0 fully saturated rings. The molecule has 124 valence electrons. The van der Waals surface area contributed by atoms with Crippen LogP contribution in [0.1, 0.15) is 22.7 Å². The van der Waals surface area contributed by atoms with Crippen LogP contribution >= 0.6 is 0 Å². The van der Waals surface area contributed by atoms with Crippen LogP contribution in [0, 0.1) is 5.82 Å². The van der Waals surface area contributed by atoms with Crippen LogP contribution < -0.4 is 5.73 Å². The van der Waals surface area contributed by atoms with Gasteiger partial charge in [-0.2, -0.15) is 0 Å². The van der Waals surface area contributed by atoms with Gasteiger partial charge in [-0.3, -0.25) is 4.98 Å². The van der Waals surface area contributed by atoms with Gasteiger partial charge in [0.1, 0.15) is 5.82 Å². The second kappa shape index (κ2) is 6.61. The second-order valence-electron chi connectivity index (χ2n) is 6.43. The van der Waals surface area contributed by atoms with Crippen molar-refractivity contribution in [2.75, 3.05) is 0 Å². The molecule has 0 amide bonds. The SMILES string of the molecule is N[C@H]1Cc2ccccc2[C@@H]1C=Cc1ccc(-c2cccc(F)c2)cn1. The Morgan fingerprint density at radius 1 is 1.00 bits per heavy atom. The van der Waals surface area contributed by atoms with E-state index < -0.39 is 0 Å². The quantitative estimate of drug-likeness (QED) is 0.764. The van der Waals surface area contributed by atoms with E-state index in [0.717, 1.165) is 23.2 Å². The Hall–Kier alpha value is -2.78. The number of hydrogen-bond donors (Lipinski definition) is 1. The van der Waals surface area contributed by atoms with Crippen molar-refractivity contribution in [3.05, 3.63) is 95.6 Å². The summed E-state index contributed by atoms with van der Waals surface area (Å²) < 4.78 is 13.3. The number of halogens is 1. The van der Waals surface area contributed by atoms with E-state index in [1.807, 2.05) is 24.3 Å². The maximum atomic E-state index is 13.3. The molecule has 4 rings (SSSR count). The van der Waals surface area contributed by atoms with Gasteiger partial charge in [0.25, 0.3) is 0 Å². The van der Waals surface area contributed by atoms with Crippen molar-refractivity contribution < 1.29 is 4.39 Å². The zero-order valence-electron chi connectivity index (χ0n) is 13.8. The number of nitrogens with two attached hydrogens (primary N) is 1. The van der Waals surface area contributed by atoms with E-state index >= 15 is 0 Å². The molecule has 3 heteroatoms. The van der Waals surface area contributed by atoms with Gasteiger partial charge in [-0.15, -0.1) is 0 Å². The molecule has 25 heavy (non-hydrogen) atoms. The van der Waals surface area contributed by atoms with Gasteiger partial charge >= 0.3 is 0 Å². The Bertz CT molecular complexity index is 915. The molecule has 0 saturated carbocycles. The van der Waals surface area contributed by atoms with Gasteiger partial charge in [-0.05, 0) is 47.4 Å². The Morgan fingerprint density at radius 2 is 1.88 bits per heavy atom. The smallest absolute Gasteiger partial charge is 0.123 e. The lowest BCUT2D eigenvalue weighted by molar-refractivity contribution is 0.628. The molecule has 1 aliphatic carbocycles. The highest BCUT2D eigenvalue weighted by Gasteiger charge is 2.27. The van der Waals surface area contributed by atoms with Crippen molar-refractivity contribution in [2.45, 2.75) is 18.4 Å². The van der Waals surface area contributed by atoms with E-state index in [0.29, 0.717) is 0 Å². The van der Waals surface area contributed by atoms with Gasteiger partial charge in [0.05, 0.1) is 5.69 Å². The standard InChI is InChI=1S/C22H19FN2/c23-18-6-3-5-15(12-18)17-8-9-19(25-14-17)10-11-21-20-7-2-1-4-16(20)13-22(21)24/h1-12,14,21-22H,13,24H2/t21-,22-/m0/s1. The summed E-state index contributed by atoms with van der Waals surface area (Å²) in [6.07, 6.45) is 6.84. The lowest BCUT2D eigenvalue weighted by Crippen LogP contribution is -2.23. The normalized spacial score (nSPS) is 19.3. The number of aromatic nitrogens is 1. The summed E-state index contributed by atoms with van der Waals surface area (Å²) in [4.78, 5) is 4.48. The average Bonchev–Trinajstić information content (AvgIpc) is 2.95. The molecule has 2 atom stereocenters. The van der Waals surface area contributed by atoms with Gasteiger partial charge in [-0.1, -0.05) is 48.5 Å². The first kappa shape index (κ1) is 15.7. The van der Waals surface area contributed by atoms with E-state index in [2.05, 4.69) is 35.3 Å². The predicted octanol–water partition coefficient (Wildman–Crippen LogP) is 4.57. The summed E-state index contributed by atoms with van der Waals surface area (Å²) in [5.41, 5.74) is 11.5. The van der Waals surface area contributed by atoms with Gasteiger partial charge in [0.2, 0.25) is 0 Å². The van der Waals surface area contributed by atoms with Crippen molar-refractivity contribution in [1.29, 1.82) is 0 Å². The highest BCUT2D eigenvalue weighted by atomic mass is 19.1. The largest absolute Gasteiger partial charge is 0.327 e. The van der Waals surface area contributed by atoms with Crippen molar-refractivity contribution in [3.63, 3.8) is 0 Å². The molecule has 0 aliphatic heterocycles. The fraction of sp³-hybridized carbons (Fsp3) is 0.136. The fourth-order valence-corrected chi connectivity index (χ4v) is 3.45.